The van der Waals surface area contributed by atoms with Gasteiger partial charge in [0.15, 0.2) is 6.29 Å². The van der Waals surface area contributed by atoms with Crippen molar-refractivity contribution in [1.29, 1.82) is 0 Å². The molecule has 0 aliphatic carbocycles. The van der Waals surface area contributed by atoms with Crippen LogP contribution < -0.4 is 0 Å². The Labute approximate surface area is 128 Å². The highest BCUT2D eigenvalue weighted by Gasteiger charge is 2.31. The molecule has 0 heterocycles. The first kappa shape index (κ1) is 18.9. The summed E-state index contributed by atoms with van der Waals surface area (Å²) in [5, 5.41) is 9.62. The van der Waals surface area contributed by atoms with Gasteiger partial charge >= 0.3 is 6.18 Å². The summed E-state index contributed by atoms with van der Waals surface area (Å²) < 4.78 is 55.8. The van der Waals surface area contributed by atoms with Crippen LogP contribution in [0.15, 0.2) is 18.2 Å². The molecule has 1 rings (SSSR count). The SMILES string of the molecule is CCCCCCCC(O)OCc1ccc(C(F)(F)F)cc1F. The molecule has 1 aromatic rings. The number of benzene rings is 1. The first-order chi connectivity index (χ1) is 10.3. The van der Waals surface area contributed by atoms with Crippen LogP contribution in [0.4, 0.5) is 17.6 Å². The molecule has 0 aromatic heterocycles. The van der Waals surface area contributed by atoms with Crippen molar-refractivity contribution in [2.75, 3.05) is 0 Å². The van der Waals surface area contributed by atoms with Crippen LogP contribution >= 0.6 is 0 Å². The fourth-order valence-electron chi connectivity index (χ4n) is 2.03. The van der Waals surface area contributed by atoms with E-state index in [1.807, 2.05) is 0 Å². The molecule has 0 radical (unpaired) electrons. The second-order valence-corrected chi connectivity index (χ2v) is 5.27. The number of halogens is 4. The molecule has 2 nitrogen and oxygen atoms in total. The maximum atomic E-state index is 13.6. The molecule has 1 N–H and O–H groups in total. The lowest BCUT2D eigenvalue weighted by Gasteiger charge is -2.13. The Hall–Kier alpha value is -1.14. The molecular formula is C16H22F4O2. The predicted molar refractivity (Wildman–Crippen MR) is 75.6 cm³/mol. The number of ether oxygens (including phenoxy) is 1. The third-order valence-electron chi connectivity index (χ3n) is 3.37. The summed E-state index contributed by atoms with van der Waals surface area (Å²) in [6.45, 7) is 1.86. The largest absolute Gasteiger partial charge is 0.416 e. The van der Waals surface area contributed by atoms with E-state index in [0.29, 0.717) is 12.5 Å². The van der Waals surface area contributed by atoms with Gasteiger partial charge in [-0.3, -0.25) is 0 Å². The number of hydrogen-bond acceptors (Lipinski definition) is 2. The zero-order chi connectivity index (χ0) is 16.6. The fraction of sp³-hybridized carbons (Fsp3) is 0.625. The van der Waals surface area contributed by atoms with Gasteiger partial charge in [0, 0.05) is 5.56 Å². The Kier molecular flexibility index (Phi) is 7.82. The minimum Gasteiger partial charge on any atom is -0.368 e. The Bertz CT molecular complexity index is 446. The van der Waals surface area contributed by atoms with E-state index in [-0.39, 0.29) is 12.2 Å². The topological polar surface area (TPSA) is 29.5 Å². The molecule has 0 spiro atoms. The van der Waals surface area contributed by atoms with E-state index in [4.69, 9.17) is 4.74 Å². The van der Waals surface area contributed by atoms with E-state index in [2.05, 4.69) is 6.92 Å². The smallest absolute Gasteiger partial charge is 0.368 e. The van der Waals surface area contributed by atoms with Gasteiger partial charge in [-0.25, -0.2) is 4.39 Å². The molecule has 22 heavy (non-hydrogen) atoms. The molecule has 1 atom stereocenters. The van der Waals surface area contributed by atoms with Gasteiger partial charge in [-0.05, 0) is 25.0 Å². The molecule has 0 bridgehead atoms. The van der Waals surface area contributed by atoms with Gasteiger partial charge in [-0.1, -0.05) is 38.7 Å². The van der Waals surface area contributed by atoms with Crippen LogP contribution in [0.1, 0.15) is 56.6 Å². The number of aliphatic hydroxyl groups excluding tert-OH is 1. The van der Waals surface area contributed by atoms with Crippen molar-refractivity contribution in [3.8, 4) is 0 Å². The third kappa shape index (κ3) is 6.75. The molecule has 0 amide bonds. The van der Waals surface area contributed by atoms with Crippen LogP contribution in [-0.2, 0) is 17.5 Å². The second kappa shape index (κ2) is 9.10. The molecule has 0 aliphatic rings. The Morgan fingerprint density at radius 1 is 1.14 bits per heavy atom. The number of aliphatic hydroxyl groups is 1. The average Bonchev–Trinajstić information content (AvgIpc) is 2.44. The van der Waals surface area contributed by atoms with E-state index in [0.717, 1.165) is 44.2 Å². The lowest BCUT2D eigenvalue weighted by Crippen LogP contribution is -2.13. The van der Waals surface area contributed by atoms with Crippen molar-refractivity contribution in [2.45, 2.75) is 64.5 Å². The number of alkyl halides is 3. The van der Waals surface area contributed by atoms with Gasteiger partial charge in [-0.15, -0.1) is 0 Å². The highest BCUT2D eigenvalue weighted by molar-refractivity contribution is 5.25. The summed E-state index contributed by atoms with van der Waals surface area (Å²) >= 11 is 0. The third-order valence-corrected chi connectivity index (χ3v) is 3.37. The van der Waals surface area contributed by atoms with Crippen molar-refractivity contribution < 1.29 is 27.4 Å². The monoisotopic (exact) mass is 322 g/mol. The van der Waals surface area contributed by atoms with Crippen molar-refractivity contribution in [3.05, 3.63) is 35.1 Å². The van der Waals surface area contributed by atoms with Gasteiger partial charge in [0.25, 0.3) is 0 Å². The van der Waals surface area contributed by atoms with Crippen LogP contribution in [0.3, 0.4) is 0 Å². The van der Waals surface area contributed by atoms with Crippen LogP contribution in [0.25, 0.3) is 0 Å². The normalized spacial score (nSPS) is 13.4. The van der Waals surface area contributed by atoms with E-state index in [9.17, 15) is 22.7 Å². The lowest BCUT2D eigenvalue weighted by molar-refractivity contribution is -0.138. The molecular weight excluding hydrogens is 300 g/mol. The van der Waals surface area contributed by atoms with Crippen LogP contribution in [0, 0.1) is 5.82 Å². The summed E-state index contributed by atoms with van der Waals surface area (Å²) in [5.74, 6) is -0.982. The quantitative estimate of drug-likeness (QED) is 0.392. The molecule has 1 aromatic carbocycles. The minimum absolute atomic E-state index is 0.00182. The van der Waals surface area contributed by atoms with Crippen molar-refractivity contribution in [1.82, 2.24) is 0 Å². The number of hydrogen-bond donors (Lipinski definition) is 1. The Morgan fingerprint density at radius 2 is 1.82 bits per heavy atom. The zero-order valence-electron chi connectivity index (χ0n) is 12.6. The van der Waals surface area contributed by atoms with Gasteiger partial charge in [0.05, 0.1) is 12.2 Å². The van der Waals surface area contributed by atoms with Crippen LogP contribution in [0.5, 0.6) is 0 Å². The first-order valence-corrected chi connectivity index (χ1v) is 7.50. The van der Waals surface area contributed by atoms with Gasteiger partial charge in [0.2, 0.25) is 0 Å². The molecule has 126 valence electrons. The molecule has 1 unspecified atom stereocenters. The number of rotatable bonds is 9. The van der Waals surface area contributed by atoms with Crippen molar-refractivity contribution in [2.24, 2.45) is 0 Å². The Morgan fingerprint density at radius 3 is 2.41 bits per heavy atom. The van der Waals surface area contributed by atoms with E-state index >= 15 is 0 Å². The van der Waals surface area contributed by atoms with E-state index < -0.39 is 23.8 Å². The van der Waals surface area contributed by atoms with Crippen molar-refractivity contribution in [3.63, 3.8) is 0 Å². The Balaban J connectivity index is 2.38. The molecule has 0 saturated heterocycles. The molecule has 6 heteroatoms. The first-order valence-electron chi connectivity index (χ1n) is 7.50. The minimum atomic E-state index is -4.57. The number of unbranched alkanes of at least 4 members (excludes halogenated alkanes) is 4. The second-order valence-electron chi connectivity index (χ2n) is 5.27. The lowest BCUT2D eigenvalue weighted by atomic mass is 10.1. The van der Waals surface area contributed by atoms with Crippen LogP contribution in [0.2, 0.25) is 0 Å². The van der Waals surface area contributed by atoms with Crippen LogP contribution in [-0.4, -0.2) is 11.4 Å². The van der Waals surface area contributed by atoms with Gasteiger partial charge < -0.3 is 9.84 Å². The highest BCUT2D eigenvalue weighted by Crippen LogP contribution is 2.30. The molecule has 0 saturated carbocycles. The van der Waals surface area contributed by atoms with E-state index in [1.54, 1.807) is 0 Å². The predicted octanol–water partition coefficient (Wildman–Crippen LogP) is 5.04. The summed E-state index contributed by atoms with van der Waals surface area (Å²) in [7, 11) is 0. The fourth-order valence-corrected chi connectivity index (χ4v) is 2.03. The summed E-state index contributed by atoms with van der Waals surface area (Å²) in [4.78, 5) is 0. The maximum absolute atomic E-state index is 13.6. The molecule has 0 fully saturated rings. The highest BCUT2D eigenvalue weighted by atomic mass is 19.4. The summed E-state index contributed by atoms with van der Waals surface area (Å²) in [5.41, 5.74) is -1.04. The van der Waals surface area contributed by atoms with Gasteiger partial charge in [-0.2, -0.15) is 13.2 Å². The van der Waals surface area contributed by atoms with Gasteiger partial charge in [0.1, 0.15) is 5.82 Å². The molecule has 0 aliphatic heterocycles. The van der Waals surface area contributed by atoms with E-state index in [1.165, 1.54) is 0 Å². The summed E-state index contributed by atoms with van der Waals surface area (Å²) in [6, 6.07) is 2.28. The van der Waals surface area contributed by atoms with Crippen molar-refractivity contribution >= 4 is 0 Å². The zero-order valence-corrected chi connectivity index (χ0v) is 12.6. The summed E-state index contributed by atoms with van der Waals surface area (Å²) in [6.07, 6.45) is 0.00355. The average molecular weight is 322 g/mol. The maximum Gasteiger partial charge on any atom is 0.416 e. The standard InChI is InChI=1S/C16H22F4O2/c1-2-3-4-5-6-7-15(21)22-11-12-8-9-13(10-14(12)17)16(18,19)20/h8-10,15,21H,2-7,11H2,1H3.